The predicted octanol–water partition coefficient (Wildman–Crippen LogP) is 3.31. The lowest BCUT2D eigenvalue weighted by molar-refractivity contribution is -0.0586. The SMILES string of the molecule is COc1cc2c(cc1OC)[C@@]13CCC=C[C@H]1[C@@H]([C@H]2OC)N(C)CC3. The minimum absolute atomic E-state index is 0.0611. The fourth-order valence-corrected chi connectivity index (χ4v) is 5.35. The molecule has 0 unspecified atom stereocenters. The Hall–Kier alpha value is -1.52. The van der Waals surface area contributed by atoms with E-state index >= 15 is 0 Å². The first kappa shape index (κ1) is 16.0. The Labute approximate surface area is 144 Å². The summed E-state index contributed by atoms with van der Waals surface area (Å²) in [6, 6.07) is 4.74. The number of likely N-dealkylation sites (tertiary alicyclic amines) is 1. The number of nitrogens with zero attached hydrogens (tertiary/aromatic N) is 1. The Morgan fingerprint density at radius 3 is 2.54 bits per heavy atom. The molecule has 1 aromatic carbocycles. The first-order valence-electron chi connectivity index (χ1n) is 8.82. The van der Waals surface area contributed by atoms with Crippen molar-refractivity contribution < 1.29 is 14.2 Å². The summed E-state index contributed by atoms with van der Waals surface area (Å²) in [5.41, 5.74) is 2.89. The number of piperidine rings is 1. The monoisotopic (exact) mass is 329 g/mol. The van der Waals surface area contributed by atoms with Gasteiger partial charge in [0.15, 0.2) is 11.5 Å². The van der Waals surface area contributed by atoms with E-state index in [0.29, 0.717) is 12.0 Å². The normalized spacial score (nSPS) is 34.4. The van der Waals surface area contributed by atoms with Crippen LogP contribution in [-0.2, 0) is 10.2 Å². The second kappa shape index (κ2) is 5.78. The van der Waals surface area contributed by atoms with E-state index in [2.05, 4.69) is 36.2 Å². The van der Waals surface area contributed by atoms with E-state index in [4.69, 9.17) is 14.2 Å². The van der Waals surface area contributed by atoms with Gasteiger partial charge in [0.2, 0.25) is 0 Å². The van der Waals surface area contributed by atoms with Crippen LogP contribution in [0.5, 0.6) is 11.5 Å². The van der Waals surface area contributed by atoms with Crippen LogP contribution in [-0.4, -0.2) is 45.9 Å². The second-order valence-electron chi connectivity index (χ2n) is 7.32. The summed E-state index contributed by atoms with van der Waals surface area (Å²) in [6.07, 6.45) is 8.40. The lowest BCUT2D eigenvalue weighted by Crippen LogP contribution is -2.60. The van der Waals surface area contributed by atoms with Gasteiger partial charge in [-0.2, -0.15) is 0 Å². The summed E-state index contributed by atoms with van der Waals surface area (Å²) in [6.45, 7) is 1.11. The molecule has 24 heavy (non-hydrogen) atoms. The van der Waals surface area contributed by atoms with Crippen LogP contribution in [0, 0.1) is 5.92 Å². The second-order valence-corrected chi connectivity index (χ2v) is 7.32. The summed E-state index contributed by atoms with van der Waals surface area (Å²) >= 11 is 0. The third-order valence-corrected chi connectivity index (χ3v) is 6.49. The molecule has 0 aromatic heterocycles. The number of rotatable bonds is 3. The fourth-order valence-electron chi connectivity index (χ4n) is 5.35. The van der Waals surface area contributed by atoms with Gasteiger partial charge in [0.05, 0.1) is 20.3 Å². The van der Waals surface area contributed by atoms with Gasteiger partial charge < -0.3 is 14.2 Å². The number of hydrogen-bond acceptors (Lipinski definition) is 4. The molecule has 4 heteroatoms. The fraction of sp³-hybridized carbons (Fsp3) is 0.600. The van der Waals surface area contributed by atoms with Crippen LogP contribution in [0.25, 0.3) is 0 Å². The van der Waals surface area contributed by atoms with Gasteiger partial charge in [-0.05, 0) is 56.1 Å². The lowest BCUT2D eigenvalue weighted by Gasteiger charge is -2.58. The van der Waals surface area contributed by atoms with E-state index in [-0.39, 0.29) is 11.5 Å². The standard InChI is InChI=1S/C20H27NO3/c1-21-10-9-20-8-6-5-7-14(20)18(21)19(24-4)13-11-16(22-2)17(23-3)12-15(13)20/h5,7,11-12,14,18-19H,6,8-10H2,1-4H3/t14-,18-,19-,20+/m0/s1. The van der Waals surface area contributed by atoms with Crippen molar-refractivity contribution in [1.82, 2.24) is 4.90 Å². The number of allylic oxidation sites excluding steroid dienone is 1. The average molecular weight is 329 g/mol. The van der Waals surface area contributed by atoms with Crippen LogP contribution in [0.1, 0.15) is 36.5 Å². The van der Waals surface area contributed by atoms with Crippen molar-refractivity contribution >= 4 is 0 Å². The molecule has 1 fully saturated rings. The zero-order chi connectivity index (χ0) is 16.9. The number of fused-ring (bicyclic) bond motifs is 1. The molecule has 4 rings (SSSR count). The van der Waals surface area contributed by atoms with Crippen LogP contribution >= 0.6 is 0 Å². The van der Waals surface area contributed by atoms with Crippen LogP contribution < -0.4 is 9.47 Å². The van der Waals surface area contributed by atoms with E-state index in [1.54, 1.807) is 14.2 Å². The number of ether oxygens (including phenoxy) is 3. The minimum atomic E-state index is 0.0611. The zero-order valence-electron chi connectivity index (χ0n) is 15.0. The summed E-state index contributed by atoms with van der Waals surface area (Å²) in [5, 5.41) is 0. The van der Waals surface area contributed by atoms with Crippen molar-refractivity contribution in [1.29, 1.82) is 0 Å². The van der Waals surface area contributed by atoms with Crippen LogP contribution in [0.15, 0.2) is 24.3 Å². The molecule has 2 aliphatic carbocycles. The molecule has 0 radical (unpaired) electrons. The summed E-state index contributed by atoms with van der Waals surface area (Å²) < 4.78 is 17.2. The summed E-state index contributed by atoms with van der Waals surface area (Å²) in [7, 11) is 7.47. The van der Waals surface area contributed by atoms with Crippen LogP contribution in [0.4, 0.5) is 0 Å². The largest absolute Gasteiger partial charge is 0.493 e. The zero-order valence-corrected chi connectivity index (χ0v) is 15.0. The highest BCUT2D eigenvalue weighted by atomic mass is 16.5. The van der Waals surface area contributed by atoms with Gasteiger partial charge in [0, 0.05) is 24.5 Å². The average Bonchev–Trinajstić information content (AvgIpc) is 2.63. The van der Waals surface area contributed by atoms with Crippen LogP contribution in [0.2, 0.25) is 0 Å². The maximum absolute atomic E-state index is 6.02. The van der Waals surface area contributed by atoms with Crippen LogP contribution in [0.3, 0.4) is 0 Å². The van der Waals surface area contributed by atoms with E-state index in [1.807, 2.05) is 7.11 Å². The Morgan fingerprint density at radius 1 is 1.08 bits per heavy atom. The summed E-state index contributed by atoms with van der Waals surface area (Å²) in [5.74, 6) is 2.12. The first-order chi connectivity index (χ1) is 11.7. The molecular formula is C20H27NO3. The Kier molecular flexibility index (Phi) is 3.85. The first-order valence-corrected chi connectivity index (χ1v) is 8.82. The molecule has 0 spiro atoms. The Balaban J connectivity index is 1.98. The van der Waals surface area contributed by atoms with E-state index in [1.165, 1.54) is 24.0 Å². The van der Waals surface area contributed by atoms with Gasteiger partial charge in [-0.3, -0.25) is 4.90 Å². The van der Waals surface area contributed by atoms with Crippen molar-refractivity contribution in [3.8, 4) is 11.5 Å². The highest BCUT2D eigenvalue weighted by molar-refractivity contribution is 5.54. The molecule has 0 N–H and O–H groups in total. The third kappa shape index (κ3) is 1.99. The van der Waals surface area contributed by atoms with E-state index < -0.39 is 0 Å². The van der Waals surface area contributed by atoms with Crippen molar-refractivity contribution in [2.75, 3.05) is 34.9 Å². The molecule has 0 amide bonds. The van der Waals surface area contributed by atoms with Crippen molar-refractivity contribution in [2.45, 2.75) is 36.8 Å². The van der Waals surface area contributed by atoms with Gasteiger partial charge in [0.1, 0.15) is 0 Å². The Bertz CT molecular complexity index is 671. The van der Waals surface area contributed by atoms with Gasteiger partial charge in [0.25, 0.3) is 0 Å². The molecule has 130 valence electrons. The van der Waals surface area contributed by atoms with Crippen molar-refractivity contribution in [3.63, 3.8) is 0 Å². The minimum Gasteiger partial charge on any atom is -0.493 e. The predicted molar refractivity (Wildman–Crippen MR) is 93.9 cm³/mol. The number of benzene rings is 1. The Morgan fingerprint density at radius 2 is 1.83 bits per heavy atom. The quantitative estimate of drug-likeness (QED) is 0.796. The molecule has 4 nitrogen and oxygen atoms in total. The lowest BCUT2D eigenvalue weighted by atomic mass is 9.53. The van der Waals surface area contributed by atoms with Crippen molar-refractivity contribution in [3.05, 3.63) is 35.4 Å². The molecular weight excluding hydrogens is 302 g/mol. The van der Waals surface area contributed by atoms with Gasteiger partial charge in [-0.25, -0.2) is 0 Å². The smallest absolute Gasteiger partial charge is 0.161 e. The summed E-state index contributed by atoms with van der Waals surface area (Å²) in [4.78, 5) is 2.48. The molecule has 1 aliphatic heterocycles. The van der Waals surface area contributed by atoms with Gasteiger partial charge in [-0.15, -0.1) is 0 Å². The molecule has 1 aromatic rings. The number of methoxy groups -OCH3 is 3. The molecule has 1 saturated heterocycles. The van der Waals surface area contributed by atoms with Gasteiger partial charge >= 0.3 is 0 Å². The van der Waals surface area contributed by atoms with E-state index in [0.717, 1.165) is 24.5 Å². The highest BCUT2D eigenvalue weighted by Crippen LogP contribution is 2.58. The molecule has 0 saturated carbocycles. The number of hydrogen-bond donors (Lipinski definition) is 0. The maximum Gasteiger partial charge on any atom is 0.161 e. The maximum atomic E-state index is 6.02. The topological polar surface area (TPSA) is 30.9 Å². The van der Waals surface area contributed by atoms with Gasteiger partial charge in [-0.1, -0.05) is 12.2 Å². The molecule has 2 bridgehead atoms. The van der Waals surface area contributed by atoms with Crippen molar-refractivity contribution in [2.24, 2.45) is 5.92 Å². The molecule has 4 atom stereocenters. The molecule has 3 aliphatic rings. The van der Waals surface area contributed by atoms with E-state index in [9.17, 15) is 0 Å². The third-order valence-electron chi connectivity index (χ3n) is 6.49. The number of likely N-dealkylation sites (N-methyl/N-ethyl adjacent to an activating group) is 1. The highest BCUT2D eigenvalue weighted by Gasteiger charge is 2.56. The molecule has 1 heterocycles.